The molecule has 4 rings (SSSR count). The second-order valence-electron chi connectivity index (χ2n) is 7.05. The Morgan fingerprint density at radius 3 is 2.74 bits per heavy atom. The van der Waals surface area contributed by atoms with Gasteiger partial charge in [0.1, 0.15) is 0 Å². The van der Waals surface area contributed by atoms with Gasteiger partial charge < -0.3 is 5.73 Å². The Morgan fingerprint density at radius 2 is 1.89 bits per heavy atom. The molecular formula is C18H25N. The Bertz CT molecular complexity index is 461. The monoisotopic (exact) mass is 255 g/mol. The minimum Gasteiger partial charge on any atom is -0.327 e. The van der Waals surface area contributed by atoms with Gasteiger partial charge in [-0.25, -0.2) is 0 Å². The van der Waals surface area contributed by atoms with Crippen LogP contribution in [-0.4, -0.2) is 6.04 Å². The number of benzene rings is 1. The molecule has 0 amide bonds. The topological polar surface area (TPSA) is 26.0 Å². The normalized spacial score (nSPS) is 34.7. The van der Waals surface area contributed by atoms with Crippen molar-refractivity contribution in [2.75, 3.05) is 0 Å². The zero-order valence-corrected chi connectivity index (χ0v) is 11.7. The second kappa shape index (κ2) is 4.63. The third-order valence-corrected chi connectivity index (χ3v) is 5.97. The molecule has 3 aliphatic rings. The van der Waals surface area contributed by atoms with E-state index in [9.17, 15) is 0 Å². The number of nitrogens with two attached hydrogens (primary N) is 1. The maximum atomic E-state index is 6.58. The Balaban J connectivity index is 1.47. The fourth-order valence-corrected chi connectivity index (χ4v) is 4.99. The molecule has 2 fully saturated rings. The molecule has 2 saturated carbocycles. The Kier molecular flexibility index (Phi) is 2.91. The Morgan fingerprint density at radius 1 is 1.11 bits per heavy atom. The summed E-state index contributed by atoms with van der Waals surface area (Å²) in [5.74, 6) is 3.45. The van der Waals surface area contributed by atoms with Crippen LogP contribution in [0.2, 0.25) is 0 Å². The summed E-state index contributed by atoms with van der Waals surface area (Å²) in [6, 6.07) is 9.54. The lowest BCUT2D eigenvalue weighted by Gasteiger charge is -2.16. The minimum absolute atomic E-state index is 0.462. The number of rotatable bonds is 3. The van der Waals surface area contributed by atoms with Crippen LogP contribution < -0.4 is 5.73 Å². The van der Waals surface area contributed by atoms with E-state index in [4.69, 9.17) is 5.73 Å². The summed E-state index contributed by atoms with van der Waals surface area (Å²) >= 11 is 0. The largest absolute Gasteiger partial charge is 0.327 e. The van der Waals surface area contributed by atoms with E-state index in [0.717, 1.165) is 23.7 Å². The molecular weight excluding hydrogens is 230 g/mol. The van der Waals surface area contributed by atoms with E-state index in [2.05, 4.69) is 24.3 Å². The number of hydrogen-bond acceptors (Lipinski definition) is 1. The van der Waals surface area contributed by atoms with Gasteiger partial charge in [-0.1, -0.05) is 49.9 Å². The highest BCUT2D eigenvalue weighted by atomic mass is 14.7. The number of fused-ring (bicyclic) bond motifs is 3. The van der Waals surface area contributed by atoms with Gasteiger partial charge in [-0.3, -0.25) is 0 Å². The Hall–Kier alpha value is -0.820. The highest BCUT2D eigenvalue weighted by Crippen LogP contribution is 2.61. The van der Waals surface area contributed by atoms with Crippen LogP contribution in [0.15, 0.2) is 24.3 Å². The molecule has 0 bridgehead atoms. The number of aryl methyl sites for hydroxylation is 1. The predicted octanol–water partition coefficient (Wildman–Crippen LogP) is 3.87. The van der Waals surface area contributed by atoms with Crippen LogP contribution in [0.4, 0.5) is 0 Å². The van der Waals surface area contributed by atoms with E-state index in [1.807, 2.05) is 0 Å². The van der Waals surface area contributed by atoms with Crippen molar-refractivity contribution in [2.45, 2.75) is 56.9 Å². The maximum absolute atomic E-state index is 6.58. The van der Waals surface area contributed by atoms with E-state index in [-0.39, 0.29) is 0 Å². The van der Waals surface area contributed by atoms with Gasteiger partial charge >= 0.3 is 0 Å². The van der Waals surface area contributed by atoms with Crippen molar-refractivity contribution in [3.8, 4) is 0 Å². The first kappa shape index (κ1) is 12.0. The zero-order chi connectivity index (χ0) is 12.8. The van der Waals surface area contributed by atoms with Gasteiger partial charge in [-0.2, -0.15) is 0 Å². The van der Waals surface area contributed by atoms with E-state index in [1.54, 1.807) is 11.1 Å². The molecule has 19 heavy (non-hydrogen) atoms. The van der Waals surface area contributed by atoms with Crippen LogP contribution in [0.3, 0.4) is 0 Å². The fraction of sp³-hybridized carbons (Fsp3) is 0.667. The van der Waals surface area contributed by atoms with E-state index in [1.165, 1.54) is 44.9 Å². The molecule has 0 radical (unpaired) electrons. The van der Waals surface area contributed by atoms with E-state index < -0.39 is 0 Å². The van der Waals surface area contributed by atoms with Gasteiger partial charge in [0.2, 0.25) is 0 Å². The highest BCUT2D eigenvalue weighted by molar-refractivity contribution is 5.40. The summed E-state index contributed by atoms with van der Waals surface area (Å²) in [6.45, 7) is 0. The summed E-state index contributed by atoms with van der Waals surface area (Å²) in [7, 11) is 0. The average Bonchev–Trinajstić information content (AvgIpc) is 2.98. The SMILES string of the molecule is NC(CC1CCCC1)C1C2CCc3ccccc3C21. The molecule has 1 nitrogen and oxygen atoms in total. The van der Waals surface area contributed by atoms with Gasteiger partial charge in [0, 0.05) is 6.04 Å². The first-order valence-electron chi connectivity index (χ1n) is 8.18. The molecule has 4 unspecified atom stereocenters. The van der Waals surface area contributed by atoms with Crippen molar-refractivity contribution < 1.29 is 0 Å². The molecule has 3 aliphatic carbocycles. The van der Waals surface area contributed by atoms with Gasteiger partial charge in [0.25, 0.3) is 0 Å². The number of hydrogen-bond donors (Lipinski definition) is 1. The average molecular weight is 255 g/mol. The summed E-state index contributed by atoms with van der Waals surface area (Å²) in [4.78, 5) is 0. The molecule has 1 heteroatoms. The Labute approximate surface area is 116 Å². The van der Waals surface area contributed by atoms with Crippen LogP contribution in [0.5, 0.6) is 0 Å². The summed E-state index contributed by atoms with van der Waals surface area (Å²) in [5, 5.41) is 0. The van der Waals surface area contributed by atoms with Crippen molar-refractivity contribution in [3.63, 3.8) is 0 Å². The van der Waals surface area contributed by atoms with Gasteiger partial charge in [-0.15, -0.1) is 0 Å². The first-order valence-corrected chi connectivity index (χ1v) is 8.18. The lowest BCUT2D eigenvalue weighted by Crippen LogP contribution is -2.26. The van der Waals surface area contributed by atoms with Crippen molar-refractivity contribution in [1.29, 1.82) is 0 Å². The van der Waals surface area contributed by atoms with Crippen LogP contribution >= 0.6 is 0 Å². The molecule has 0 aromatic heterocycles. The quantitative estimate of drug-likeness (QED) is 0.871. The van der Waals surface area contributed by atoms with Gasteiger partial charge in [0.05, 0.1) is 0 Å². The lowest BCUT2D eigenvalue weighted by molar-refractivity contribution is 0.400. The molecule has 0 aliphatic heterocycles. The van der Waals surface area contributed by atoms with Crippen molar-refractivity contribution in [3.05, 3.63) is 35.4 Å². The smallest absolute Gasteiger partial charge is 0.00786 e. The third-order valence-electron chi connectivity index (χ3n) is 5.97. The second-order valence-corrected chi connectivity index (χ2v) is 7.05. The van der Waals surface area contributed by atoms with Crippen molar-refractivity contribution in [2.24, 2.45) is 23.5 Å². The predicted molar refractivity (Wildman–Crippen MR) is 79.0 cm³/mol. The van der Waals surface area contributed by atoms with E-state index >= 15 is 0 Å². The lowest BCUT2D eigenvalue weighted by atomic mass is 9.92. The summed E-state index contributed by atoms with van der Waals surface area (Å²) in [6.07, 6.45) is 9.71. The zero-order valence-electron chi connectivity index (χ0n) is 11.7. The van der Waals surface area contributed by atoms with Crippen LogP contribution in [-0.2, 0) is 6.42 Å². The third kappa shape index (κ3) is 2.03. The fourth-order valence-electron chi connectivity index (χ4n) is 4.99. The molecule has 4 atom stereocenters. The van der Waals surface area contributed by atoms with Gasteiger partial charge in [-0.05, 0) is 54.1 Å². The standard InChI is InChI=1S/C18H25N/c19-16(11-12-5-1-2-6-12)18-15-10-9-13-7-3-4-8-14(13)17(15)18/h3-4,7-8,12,15-18H,1-2,5-6,9-11,19H2. The van der Waals surface area contributed by atoms with Crippen LogP contribution in [0.1, 0.15) is 55.6 Å². The molecule has 1 aromatic rings. The van der Waals surface area contributed by atoms with Crippen molar-refractivity contribution >= 4 is 0 Å². The molecule has 2 N–H and O–H groups in total. The van der Waals surface area contributed by atoms with Gasteiger partial charge in [0.15, 0.2) is 0 Å². The molecule has 102 valence electrons. The highest BCUT2D eigenvalue weighted by Gasteiger charge is 2.55. The van der Waals surface area contributed by atoms with Crippen LogP contribution in [0.25, 0.3) is 0 Å². The minimum atomic E-state index is 0.462. The first-order chi connectivity index (χ1) is 9.34. The molecule has 0 heterocycles. The van der Waals surface area contributed by atoms with Crippen LogP contribution in [0, 0.1) is 17.8 Å². The van der Waals surface area contributed by atoms with Crippen molar-refractivity contribution in [1.82, 2.24) is 0 Å². The van der Waals surface area contributed by atoms with E-state index in [0.29, 0.717) is 6.04 Å². The molecule has 0 spiro atoms. The molecule has 1 aromatic carbocycles. The summed E-state index contributed by atoms with van der Waals surface area (Å²) < 4.78 is 0. The summed E-state index contributed by atoms with van der Waals surface area (Å²) in [5.41, 5.74) is 9.80. The maximum Gasteiger partial charge on any atom is 0.00786 e. The molecule has 0 saturated heterocycles.